The molecule has 162 valence electrons. The van der Waals surface area contributed by atoms with E-state index >= 15 is 0 Å². The molecule has 1 aromatic rings. The Morgan fingerprint density at radius 1 is 1.34 bits per heavy atom. The zero-order valence-electron chi connectivity index (χ0n) is 17.6. The molecule has 0 fully saturated rings. The Labute approximate surface area is 175 Å². The van der Waals surface area contributed by atoms with E-state index in [4.69, 9.17) is 15.9 Å². The van der Waals surface area contributed by atoms with E-state index in [9.17, 15) is 8.99 Å². The van der Waals surface area contributed by atoms with Gasteiger partial charge in [0.15, 0.2) is 5.96 Å². The summed E-state index contributed by atoms with van der Waals surface area (Å²) in [6.45, 7) is 5.58. The molecule has 0 aliphatic rings. The topological polar surface area (TPSA) is 112 Å². The molecular formula is C19H34BFN5O2P. The predicted molar refractivity (Wildman–Crippen MR) is 120 cm³/mol. The number of amides is 1. The van der Waals surface area contributed by atoms with Crippen LogP contribution in [0.3, 0.4) is 0 Å². The van der Waals surface area contributed by atoms with E-state index in [2.05, 4.69) is 29.6 Å². The molecule has 7 nitrogen and oxygen atoms in total. The molecule has 6 N–H and O–H groups in total. The maximum absolute atomic E-state index is 12.8. The second-order valence-electron chi connectivity index (χ2n) is 7.48. The number of guanidine groups is 1. The molecule has 0 radical (unpaired) electrons. The van der Waals surface area contributed by atoms with E-state index in [0.717, 1.165) is 12.0 Å². The normalized spacial score (nSPS) is 14.1. The maximum atomic E-state index is 12.8. The first-order valence-electron chi connectivity index (χ1n) is 9.94. The van der Waals surface area contributed by atoms with Gasteiger partial charge in [0.05, 0.1) is 25.3 Å². The van der Waals surface area contributed by atoms with E-state index < -0.39 is 14.3 Å². The second-order valence-corrected chi connectivity index (χ2v) is 8.65. The fraction of sp³-hybridized carbons (Fsp3) is 0.579. The van der Waals surface area contributed by atoms with Crippen LogP contribution < -0.4 is 21.5 Å². The van der Waals surface area contributed by atoms with Gasteiger partial charge in [0, 0.05) is 6.54 Å². The molecule has 0 saturated carbocycles. The van der Waals surface area contributed by atoms with Gasteiger partial charge < -0.3 is 26.2 Å². The van der Waals surface area contributed by atoms with Crippen molar-refractivity contribution in [1.82, 2.24) is 15.7 Å². The van der Waals surface area contributed by atoms with Gasteiger partial charge in [-0.25, -0.2) is 4.20 Å². The van der Waals surface area contributed by atoms with Crippen LogP contribution >= 0.6 is 8.26 Å². The Morgan fingerprint density at radius 3 is 2.66 bits per heavy atom. The number of nitrogens with two attached hydrogens (primary N) is 1. The molecule has 0 aliphatic carbocycles. The number of benzene rings is 1. The third-order valence-corrected chi connectivity index (χ3v) is 4.66. The van der Waals surface area contributed by atoms with Crippen LogP contribution in [0.4, 0.5) is 4.20 Å². The molecule has 0 saturated heterocycles. The minimum Gasteiger partial charge on any atom is -0.375 e. The largest absolute Gasteiger partial charge is 0.375 e. The number of ether oxygens (including phenoxy) is 1. The van der Waals surface area contributed by atoms with Gasteiger partial charge in [0.25, 0.3) is 0 Å². The van der Waals surface area contributed by atoms with Crippen molar-refractivity contribution in [2.75, 3.05) is 13.2 Å². The van der Waals surface area contributed by atoms with Crippen LogP contribution in [-0.2, 0) is 16.1 Å². The van der Waals surface area contributed by atoms with Gasteiger partial charge in [-0.2, -0.15) is 0 Å². The average molecular weight is 425 g/mol. The first-order valence-corrected chi connectivity index (χ1v) is 11.6. The standard InChI is InChI=1S/C19H34BFN5O2P/c1-14(2)11-16(13-28-12-15-7-4-3-5-8-15)25-18(27)17(22)9-6-10-24-19(23)26-29(20)21/h3-5,7-8,14,16-17H,6,9-13,20,22H2,1-2H3,(H,25,27)(H3,23,24,26)/t16-,17+,29?/m0/s1. The first-order chi connectivity index (χ1) is 13.8. The van der Waals surface area contributed by atoms with Crippen molar-refractivity contribution in [2.45, 2.75) is 51.8 Å². The zero-order valence-corrected chi connectivity index (χ0v) is 18.5. The summed E-state index contributed by atoms with van der Waals surface area (Å²) in [5.41, 5.74) is 7.10. The van der Waals surface area contributed by atoms with Crippen molar-refractivity contribution in [3.05, 3.63) is 35.9 Å². The number of hydrogen-bond acceptors (Lipinski definition) is 4. The zero-order chi connectivity index (χ0) is 21.6. The van der Waals surface area contributed by atoms with Crippen LogP contribution in [0.1, 0.15) is 38.7 Å². The third-order valence-electron chi connectivity index (χ3n) is 4.13. The lowest BCUT2D eigenvalue weighted by Gasteiger charge is -2.23. The van der Waals surface area contributed by atoms with Crippen molar-refractivity contribution < 1.29 is 13.7 Å². The molecular weight excluding hydrogens is 391 g/mol. The lowest BCUT2D eigenvalue weighted by atomic mass is 10.0. The van der Waals surface area contributed by atoms with Crippen molar-refractivity contribution >= 4 is 27.7 Å². The molecule has 1 aromatic carbocycles. The van der Waals surface area contributed by atoms with Crippen molar-refractivity contribution in [2.24, 2.45) is 11.7 Å². The molecule has 1 amide bonds. The molecule has 3 atom stereocenters. The van der Waals surface area contributed by atoms with E-state index in [-0.39, 0.29) is 17.9 Å². The van der Waals surface area contributed by atoms with Gasteiger partial charge in [-0.1, -0.05) is 44.2 Å². The van der Waals surface area contributed by atoms with E-state index in [1.807, 2.05) is 30.3 Å². The van der Waals surface area contributed by atoms with Crippen molar-refractivity contribution in [3.8, 4) is 0 Å². The maximum Gasteiger partial charge on any atom is 0.237 e. The summed E-state index contributed by atoms with van der Waals surface area (Å²) in [5.74, 6) is 0.166. The first kappa shape index (κ1) is 25.3. The molecule has 1 rings (SSSR count). The van der Waals surface area contributed by atoms with E-state index in [1.54, 1.807) is 0 Å². The molecule has 0 spiro atoms. The number of halogens is 1. The Morgan fingerprint density at radius 2 is 2.03 bits per heavy atom. The number of nitrogens with one attached hydrogen (secondary N) is 4. The van der Waals surface area contributed by atoms with Crippen LogP contribution in [0.2, 0.25) is 0 Å². The molecule has 10 heteroatoms. The highest BCUT2D eigenvalue weighted by Gasteiger charge is 2.19. The fourth-order valence-corrected chi connectivity index (χ4v) is 3.19. The molecule has 0 bridgehead atoms. The van der Waals surface area contributed by atoms with Crippen LogP contribution in [0.5, 0.6) is 0 Å². The summed E-state index contributed by atoms with van der Waals surface area (Å²) in [6.07, 6.45) is 1.88. The average Bonchev–Trinajstić information content (AvgIpc) is 2.64. The van der Waals surface area contributed by atoms with Crippen molar-refractivity contribution in [3.63, 3.8) is 0 Å². The third kappa shape index (κ3) is 12.5. The Hall–Kier alpha value is -1.70. The monoisotopic (exact) mass is 425 g/mol. The predicted octanol–water partition coefficient (Wildman–Crippen LogP) is 1.79. The highest BCUT2D eigenvalue weighted by atomic mass is 31.2. The number of rotatable bonds is 13. The van der Waals surface area contributed by atoms with Gasteiger partial charge in [0.2, 0.25) is 13.5 Å². The van der Waals surface area contributed by atoms with Gasteiger partial charge in [-0.3, -0.25) is 10.2 Å². The van der Waals surface area contributed by atoms with E-state index in [0.29, 0.717) is 38.5 Å². The van der Waals surface area contributed by atoms with E-state index in [1.165, 1.54) is 7.57 Å². The fourth-order valence-electron chi connectivity index (χ4n) is 2.80. The van der Waals surface area contributed by atoms with Crippen LogP contribution in [0, 0.1) is 11.3 Å². The molecule has 29 heavy (non-hydrogen) atoms. The molecule has 1 unspecified atom stereocenters. The summed E-state index contributed by atoms with van der Waals surface area (Å²) < 4.78 is 18.6. The second kappa shape index (κ2) is 14.3. The Kier molecular flexibility index (Phi) is 12.5. The van der Waals surface area contributed by atoms with Crippen molar-refractivity contribution in [1.29, 1.82) is 5.41 Å². The highest BCUT2D eigenvalue weighted by molar-refractivity contribution is 7.76. The minimum atomic E-state index is -1.86. The number of hydrogen-bond donors (Lipinski definition) is 5. The van der Waals surface area contributed by atoms with Gasteiger partial charge in [-0.05, 0) is 30.7 Å². The Balaban J connectivity index is 2.35. The summed E-state index contributed by atoms with van der Waals surface area (Å²) >= 11 is 0. The molecule has 0 heterocycles. The van der Waals surface area contributed by atoms with Gasteiger partial charge in [0.1, 0.15) is 8.26 Å². The SMILES string of the molecule is BP(F)NC(=N)NCCC[C@@H](N)C(=O)N[C@H](COCc1ccccc1)CC(C)C. The molecule has 0 aliphatic heterocycles. The lowest BCUT2D eigenvalue weighted by molar-refractivity contribution is -0.123. The van der Waals surface area contributed by atoms with Crippen LogP contribution in [0.25, 0.3) is 0 Å². The van der Waals surface area contributed by atoms with Crippen LogP contribution in [-0.4, -0.2) is 44.7 Å². The molecule has 0 aromatic heterocycles. The van der Waals surface area contributed by atoms with Gasteiger partial charge in [-0.15, -0.1) is 0 Å². The highest BCUT2D eigenvalue weighted by Crippen LogP contribution is 2.22. The van der Waals surface area contributed by atoms with Gasteiger partial charge >= 0.3 is 0 Å². The Bertz CT molecular complexity index is 610. The summed E-state index contributed by atoms with van der Waals surface area (Å²) in [7, 11) is -0.481. The lowest BCUT2D eigenvalue weighted by Crippen LogP contribution is -2.47. The summed E-state index contributed by atoms with van der Waals surface area (Å²) in [4.78, 5) is 12.4. The summed E-state index contributed by atoms with van der Waals surface area (Å²) in [5, 5.41) is 15.6. The quantitative estimate of drug-likeness (QED) is 0.109. The minimum absolute atomic E-state index is 0.0494. The number of carbonyl (C=O) groups excluding carboxylic acids is 1. The number of carbonyl (C=O) groups is 1. The summed E-state index contributed by atoms with van der Waals surface area (Å²) in [6, 6.07) is 9.18. The smallest absolute Gasteiger partial charge is 0.237 e. The van der Waals surface area contributed by atoms with Crippen LogP contribution in [0.15, 0.2) is 30.3 Å².